The van der Waals surface area contributed by atoms with E-state index < -0.39 is 17.6 Å². The molecule has 0 spiro atoms. The van der Waals surface area contributed by atoms with Crippen LogP contribution in [0.15, 0.2) is 5.34 Å². The van der Waals surface area contributed by atoms with Crippen molar-refractivity contribution in [3.05, 3.63) is 27.2 Å². The third-order valence-corrected chi connectivity index (χ3v) is 4.89. The van der Waals surface area contributed by atoms with Crippen LogP contribution in [-0.4, -0.2) is 29.8 Å². The van der Waals surface area contributed by atoms with Crippen LogP contribution in [0.5, 0.6) is 11.5 Å². The minimum absolute atomic E-state index is 0.251. The van der Waals surface area contributed by atoms with Gasteiger partial charge in [0.2, 0.25) is 0 Å². The van der Waals surface area contributed by atoms with E-state index in [1.807, 2.05) is 27.7 Å². The minimum atomic E-state index is -0.998. The molecular formula is C17H24N2O6. The van der Waals surface area contributed by atoms with Gasteiger partial charge in [-0.2, -0.15) is 5.48 Å². The molecule has 0 aliphatic carbocycles. The van der Waals surface area contributed by atoms with Gasteiger partial charge in [0.15, 0.2) is 11.1 Å². The molecule has 1 aliphatic heterocycles. The van der Waals surface area contributed by atoms with Crippen molar-refractivity contribution in [3.63, 3.8) is 0 Å². The van der Waals surface area contributed by atoms with Crippen LogP contribution in [0, 0.1) is 25.7 Å². The molecule has 138 valence electrons. The molecule has 0 radical (unpaired) electrons. The molecule has 25 heavy (non-hydrogen) atoms. The first-order valence-electron chi connectivity index (χ1n) is 8.06. The minimum Gasteiger partial charge on any atom is -0.487 e. The summed E-state index contributed by atoms with van der Waals surface area (Å²) in [7, 11) is 1.38. The normalized spacial score (nSPS) is 20.4. The summed E-state index contributed by atoms with van der Waals surface area (Å²) in [4.78, 5) is 31.6. The van der Waals surface area contributed by atoms with Gasteiger partial charge >= 0.3 is 5.97 Å². The number of nitrogens with zero attached hydrogens (tertiary/aromatic N) is 1. The van der Waals surface area contributed by atoms with Gasteiger partial charge in [-0.3, -0.25) is 4.79 Å². The van der Waals surface area contributed by atoms with Crippen LogP contribution in [0.1, 0.15) is 42.0 Å². The van der Waals surface area contributed by atoms with E-state index in [-0.39, 0.29) is 6.42 Å². The van der Waals surface area contributed by atoms with Gasteiger partial charge in [0.25, 0.3) is 0 Å². The van der Waals surface area contributed by atoms with Crippen molar-refractivity contribution in [1.82, 2.24) is 5.48 Å². The Balaban J connectivity index is 2.37. The van der Waals surface area contributed by atoms with Gasteiger partial charge in [-0.15, -0.1) is 4.91 Å². The fraction of sp³-hybridized carbons (Fsp3) is 0.588. The van der Waals surface area contributed by atoms with Gasteiger partial charge in [0.05, 0.1) is 7.11 Å². The summed E-state index contributed by atoms with van der Waals surface area (Å²) in [6.07, 6.45) is 1.57. The van der Waals surface area contributed by atoms with E-state index in [0.29, 0.717) is 18.6 Å². The highest BCUT2D eigenvalue weighted by Gasteiger charge is 2.38. The first kappa shape index (κ1) is 19.1. The Labute approximate surface area is 146 Å². The molecule has 8 nitrogen and oxygen atoms in total. The summed E-state index contributed by atoms with van der Waals surface area (Å²) >= 11 is 0. The predicted molar refractivity (Wildman–Crippen MR) is 90.6 cm³/mol. The lowest BCUT2D eigenvalue weighted by Gasteiger charge is -2.39. The van der Waals surface area contributed by atoms with E-state index >= 15 is 0 Å². The zero-order valence-corrected chi connectivity index (χ0v) is 15.1. The van der Waals surface area contributed by atoms with Crippen molar-refractivity contribution in [1.29, 1.82) is 0 Å². The standard InChI is InChI=1S/C17H24N2O6/c1-9-10(2)15-12(11(3)14(9)25-19-22)6-7-17(4,24-15)8-13(16(20)21)18-23-5/h13,18H,6-8H2,1-5H3,(H,20,21). The molecule has 2 unspecified atom stereocenters. The number of rotatable bonds is 7. The Morgan fingerprint density at radius 2 is 2.04 bits per heavy atom. The van der Waals surface area contributed by atoms with Crippen LogP contribution in [0.2, 0.25) is 0 Å². The molecule has 0 saturated heterocycles. The fourth-order valence-corrected chi connectivity index (χ4v) is 3.35. The lowest BCUT2D eigenvalue weighted by Crippen LogP contribution is -2.47. The number of hydrogen-bond acceptors (Lipinski definition) is 7. The number of benzene rings is 1. The number of aliphatic carboxylic acids is 1. The largest absolute Gasteiger partial charge is 0.487 e. The van der Waals surface area contributed by atoms with Crippen LogP contribution >= 0.6 is 0 Å². The molecule has 2 atom stereocenters. The van der Waals surface area contributed by atoms with Gasteiger partial charge < -0.3 is 19.5 Å². The molecule has 0 saturated carbocycles. The Bertz CT molecular complexity index is 690. The molecule has 0 aromatic heterocycles. The predicted octanol–water partition coefficient (Wildman–Crippen LogP) is 2.75. The summed E-state index contributed by atoms with van der Waals surface area (Å²) in [5.74, 6) is 0.189. The summed E-state index contributed by atoms with van der Waals surface area (Å²) in [5.41, 5.74) is 5.27. The maximum absolute atomic E-state index is 11.4. The van der Waals surface area contributed by atoms with Gasteiger partial charge in [0, 0.05) is 23.1 Å². The topological polar surface area (TPSA) is 106 Å². The highest BCUT2D eigenvalue weighted by Crippen LogP contribution is 2.44. The molecule has 1 aliphatic rings. The zero-order valence-electron chi connectivity index (χ0n) is 15.1. The first-order valence-corrected chi connectivity index (χ1v) is 8.06. The number of fused-ring (bicyclic) bond motifs is 1. The third kappa shape index (κ3) is 3.74. The van der Waals surface area contributed by atoms with Crippen molar-refractivity contribution in [2.45, 2.75) is 58.6 Å². The molecule has 2 N–H and O–H groups in total. The summed E-state index contributed by atoms with van der Waals surface area (Å²) in [6, 6.07) is -0.874. The van der Waals surface area contributed by atoms with E-state index in [2.05, 4.69) is 10.8 Å². The zero-order chi connectivity index (χ0) is 18.8. The van der Waals surface area contributed by atoms with Crippen LogP contribution in [0.3, 0.4) is 0 Å². The average Bonchev–Trinajstić information content (AvgIpc) is 2.56. The van der Waals surface area contributed by atoms with E-state index in [9.17, 15) is 14.8 Å². The lowest BCUT2D eigenvalue weighted by molar-refractivity contribution is -0.145. The molecule has 8 heteroatoms. The Kier molecular flexibility index (Phi) is 5.64. The third-order valence-electron chi connectivity index (χ3n) is 4.89. The molecule has 1 heterocycles. The highest BCUT2D eigenvalue weighted by molar-refractivity contribution is 5.73. The Morgan fingerprint density at radius 1 is 1.36 bits per heavy atom. The lowest BCUT2D eigenvalue weighted by atomic mass is 9.84. The van der Waals surface area contributed by atoms with Gasteiger partial charge in [0.1, 0.15) is 17.4 Å². The monoisotopic (exact) mass is 352 g/mol. The molecular weight excluding hydrogens is 328 g/mol. The number of carbonyl (C=O) groups is 1. The van der Waals surface area contributed by atoms with E-state index in [1.54, 1.807) is 0 Å². The van der Waals surface area contributed by atoms with Crippen LogP contribution in [0.4, 0.5) is 0 Å². The SMILES string of the molecule is CONC(CC1(C)CCc2c(C)c(ON=O)c(C)c(C)c2O1)C(=O)O. The molecule has 1 aromatic carbocycles. The number of nitrogens with one attached hydrogen (secondary N) is 1. The van der Waals surface area contributed by atoms with Crippen molar-refractivity contribution in [2.24, 2.45) is 5.34 Å². The van der Waals surface area contributed by atoms with Crippen molar-refractivity contribution in [3.8, 4) is 11.5 Å². The summed E-state index contributed by atoms with van der Waals surface area (Å²) in [6.45, 7) is 7.49. The number of hydroxylamine groups is 1. The molecule has 0 amide bonds. The van der Waals surface area contributed by atoms with E-state index in [4.69, 9.17) is 14.4 Å². The quantitative estimate of drug-likeness (QED) is 0.574. The number of carboxylic acids is 1. The number of hydrogen-bond donors (Lipinski definition) is 2. The van der Waals surface area contributed by atoms with Gasteiger partial charge in [-0.05, 0) is 46.1 Å². The maximum atomic E-state index is 11.4. The maximum Gasteiger partial charge on any atom is 0.323 e. The number of ether oxygens (including phenoxy) is 1. The second-order valence-electron chi connectivity index (χ2n) is 6.65. The van der Waals surface area contributed by atoms with Crippen LogP contribution in [-0.2, 0) is 16.1 Å². The van der Waals surface area contributed by atoms with Crippen molar-refractivity contribution < 1.29 is 24.3 Å². The van der Waals surface area contributed by atoms with E-state index in [0.717, 1.165) is 28.0 Å². The first-order chi connectivity index (χ1) is 11.7. The van der Waals surface area contributed by atoms with Crippen molar-refractivity contribution in [2.75, 3.05) is 7.11 Å². The molecule has 2 rings (SSSR count). The smallest absolute Gasteiger partial charge is 0.323 e. The van der Waals surface area contributed by atoms with Crippen LogP contribution < -0.4 is 15.1 Å². The molecule has 0 bridgehead atoms. The Morgan fingerprint density at radius 3 is 2.60 bits per heavy atom. The summed E-state index contributed by atoms with van der Waals surface area (Å²) < 4.78 is 6.25. The van der Waals surface area contributed by atoms with E-state index in [1.165, 1.54) is 7.11 Å². The molecule has 0 fully saturated rings. The fourth-order valence-electron chi connectivity index (χ4n) is 3.35. The summed E-state index contributed by atoms with van der Waals surface area (Å²) in [5, 5.41) is 11.9. The second kappa shape index (κ2) is 7.37. The van der Waals surface area contributed by atoms with Crippen LogP contribution in [0.25, 0.3) is 0 Å². The Hall–Kier alpha value is -2.19. The second-order valence-corrected chi connectivity index (χ2v) is 6.65. The number of carboxylic acid groups (broad SMARTS) is 1. The highest BCUT2D eigenvalue weighted by atomic mass is 16.7. The average molecular weight is 352 g/mol. The van der Waals surface area contributed by atoms with Gasteiger partial charge in [-0.25, -0.2) is 0 Å². The molecule has 1 aromatic rings. The van der Waals surface area contributed by atoms with Gasteiger partial charge in [-0.1, -0.05) is 0 Å². The van der Waals surface area contributed by atoms with Crippen molar-refractivity contribution >= 4 is 5.97 Å².